The fraction of sp³-hybridized carbons (Fsp3) is 0.0714. The van der Waals surface area contributed by atoms with Crippen LogP contribution < -0.4 is 0 Å². The smallest absolute Gasteiger partial charge is 0.179 e. The van der Waals surface area contributed by atoms with Crippen molar-refractivity contribution in [3.63, 3.8) is 0 Å². The highest BCUT2D eigenvalue weighted by Gasteiger charge is 2.07. The van der Waals surface area contributed by atoms with Gasteiger partial charge in [-0.15, -0.1) is 0 Å². The molecule has 4 nitrogen and oxygen atoms in total. The van der Waals surface area contributed by atoms with E-state index in [4.69, 9.17) is 29.1 Å². The quantitative estimate of drug-likeness (QED) is 0.735. The van der Waals surface area contributed by atoms with Crippen LogP contribution in [0.2, 0.25) is 5.02 Å². The predicted octanol–water partition coefficient (Wildman–Crippen LogP) is 3.67. The molecular formula is C14H9ClN4S. The van der Waals surface area contributed by atoms with Crippen molar-refractivity contribution in [3.05, 3.63) is 57.4 Å². The molecule has 0 spiro atoms. The van der Waals surface area contributed by atoms with Gasteiger partial charge in [-0.05, 0) is 36.0 Å². The highest BCUT2D eigenvalue weighted by Crippen LogP contribution is 2.17. The van der Waals surface area contributed by atoms with E-state index >= 15 is 0 Å². The maximum atomic E-state index is 8.80. The summed E-state index contributed by atoms with van der Waals surface area (Å²) in [5.41, 5.74) is 3.28. The first-order valence-electron chi connectivity index (χ1n) is 5.90. The van der Waals surface area contributed by atoms with E-state index in [1.807, 2.05) is 16.7 Å². The fourth-order valence-corrected chi connectivity index (χ4v) is 2.45. The lowest BCUT2D eigenvalue weighted by Crippen LogP contribution is -2.00. The highest BCUT2D eigenvalue weighted by molar-refractivity contribution is 7.71. The van der Waals surface area contributed by atoms with E-state index < -0.39 is 0 Å². The zero-order valence-electron chi connectivity index (χ0n) is 10.3. The molecule has 3 rings (SSSR count). The summed E-state index contributed by atoms with van der Waals surface area (Å²) in [6.45, 7) is 0.596. The van der Waals surface area contributed by atoms with Crippen LogP contribution in [0.4, 0.5) is 0 Å². The van der Waals surface area contributed by atoms with Gasteiger partial charge < -0.3 is 4.98 Å². The largest absolute Gasteiger partial charge is 0.329 e. The maximum absolute atomic E-state index is 8.80. The number of pyridine rings is 1. The van der Waals surface area contributed by atoms with E-state index in [2.05, 4.69) is 16.0 Å². The van der Waals surface area contributed by atoms with Crippen LogP contribution in [0.1, 0.15) is 11.1 Å². The number of aromatic nitrogens is 3. The Hall–Kier alpha value is -2.16. The molecule has 0 aliphatic rings. The summed E-state index contributed by atoms with van der Waals surface area (Å²) in [5.74, 6) is 0. The number of rotatable bonds is 2. The highest BCUT2D eigenvalue weighted by atomic mass is 35.5. The molecule has 0 unspecified atom stereocenters. The Morgan fingerprint density at radius 1 is 1.35 bits per heavy atom. The van der Waals surface area contributed by atoms with Crippen LogP contribution in [0.25, 0.3) is 11.2 Å². The summed E-state index contributed by atoms with van der Waals surface area (Å²) in [7, 11) is 0. The van der Waals surface area contributed by atoms with Crippen molar-refractivity contribution in [2.45, 2.75) is 6.54 Å². The van der Waals surface area contributed by atoms with Crippen molar-refractivity contribution >= 4 is 35.0 Å². The normalized spacial score (nSPS) is 10.6. The number of H-pyrrole nitrogens is 1. The number of hydrogen-bond acceptors (Lipinski definition) is 3. The molecular weight excluding hydrogens is 292 g/mol. The summed E-state index contributed by atoms with van der Waals surface area (Å²) >= 11 is 11.2. The third-order valence-corrected chi connectivity index (χ3v) is 3.53. The van der Waals surface area contributed by atoms with Gasteiger partial charge in [0.05, 0.1) is 28.7 Å². The monoisotopic (exact) mass is 300 g/mol. The van der Waals surface area contributed by atoms with Crippen molar-refractivity contribution in [3.8, 4) is 6.07 Å². The average molecular weight is 301 g/mol. The minimum atomic E-state index is 0.569. The Balaban J connectivity index is 2.04. The van der Waals surface area contributed by atoms with E-state index in [-0.39, 0.29) is 0 Å². The second kappa shape index (κ2) is 5.08. The summed E-state index contributed by atoms with van der Waals surface area (Å²) in [6, 6.07) is 11.3. The fourth-order valence-electron chi connectivity index (χ4n) is 2.03. The zero-order valence-corrected chi connectivity index (χ0v) is 11.9. The zero-order chi connectivity index (χ0) is 14.1. The van der Waals surface area contributed by atoms with E-state index in [1.165, 1.54) is 0 Å². The molecule has 1 aromatic carbocycles. The average Bonchev–Trinajstić information content (AvgIpc) is 2.75. The van der Waals surface area contributed by atoms with Gasteiger partial charge in [-0.25, -0.2) is 4.98 Å². The molecule has 98 valence electrons. The van der Waals surface area contributed by atoms with Crippen LogP contribution in [-0.2, 0) is 6.54 Å². The van der Waals surface area contributed by atoms with Crippen molar-refractivity contribution < 1.29 is 0 Å². The van der Waals surface area contributed by atoms with E-state index in [1.54, 1.807) is 24.4 Å². The Morgan fingerprint density at radius 3 is 2.80 bits per heavy atom. The van der Waals surface area contributed by atoms with E-state index in [9.17, 15) is 0 Å². The predicted molar refractivity (Wildman–Crippen MR) is 80.2 cm³/mol. The molecule has 1 N–H and O–H groups in total. The molecule has 0 fully saturated rings. The Morgan fingerprint density at radius 2 is 2.10 bits per heavy atom. The second-order valence-electron chi connectivity index (χ2n) is 4.35. The molecule has 0 amide bonds. The van der Waals surface area contributed by atoms with Crippen LogP contribution >= 0.6 is 23.8 Å². The molecule has 0 saturated carbocycles. The Bertz CT molecular complexity index is 871. The lowest BCUT2D eigenvalue weighted by molar-refractivity contribution is 0.801. The molecule has 2 aromatic heterocycles. The van der Waals surface area contributed by atoms with Gasteiger partial charge in [0.25, 0.3) is 0 Å². The maximum Gasteiger partial charge on any atom is 0.179 e. The van der Waals surface area contributed by atoms with Gasteiger partial charge in [-0.1, -0.05) is 23.7 Å². The van der Waals surface area contributed by atoms with Crippen LogP contribution in [0, 0.1) is 16.1 Å². The second-order valence-corrected chi connectivity index (χ2v) is 5.17. The first-order valence-corrected chi connectivity index (χ1v) is 6.69. The number of nitriles is 1. The molecule has 0 radical (unpaired) electrons. The van der Waals surface area contributed by atoms with E-state index in [0.717, 1.165) is 16.7 Å². The number of hydrogen-bond donors (Lipinski definition) is 1. The lowest BCUT2D eigenvalue weighted by Gasteiger charge is -2.04. The molecule has 0 bridgehead atoms. The van der Waals surface area contributed by atoms with Crippen LogP contribution in [0.3, 0.4) is 0 Å². The van der Waals surface area contributed by atoms with Gasteiger partial charge in [-0.2, -0.15) is 5.26 Å². The molecule has 20 heavy (non-hydrogen) atoms. The molecule has 0 atom stereocenters. The minimum absolute atomic E-state index is 0.569. The van der Waals surface area contributed by atoms with Crippen LogP contribution in [0.15, 0.2) is 36.5 Å². The first kappa shape index (κ1) is 12.9. The molecule has 0 aliphatic carbocycles. The molecule has 2 heterocycles. The number of halogens is 1. The number of aromatic amines is 1. The van der Waals surface area contributed by atoms with Crippen molar-refractivity contribution in [1.29, 1.82) is 5.26 Å². The minimum Gasteiger partial charge on any atom is -0.329 e. The van der Waals surface area contributed by atoms with Gasteiger partial charge >= 0.3 is 0 Å². The van der Waals surface area contributed by atoms with Gasteiger partial charge in [0, 0.05) is 6.20 Å². The SMILES string of the molecule is N#Cc1ccc(Cn2c(=S)[nH]c3cc(Cl)cnc32)cc1. The summed E-state index contributed by atoms with van der Waals surface area (Å²) in [6.07, 6.45) is 1.60. The Labute approximate surface area is 125 Å². The van der Waals surface area contributed by atoms with Gasteiger partial charge in [0.1, 0.15) is 0 Å². The standard InChI is InChI=1S/C14H9ClN4S/c15-11-5-12-13(17-7-11)19(14(20)18-12)8-10-3-1-9(6-16)2-4-10/h1-5,7H,8H2,(H,18,20). The van der Waals surface area contributed by atoms with Crippen LogP contribution in [-0.4, -0.2) is 14.5 Å². The molecule has 0 saturated heterocycles. The number of imidazole rings is 1. The summed E-state index contributed by atoms with van der Waals surface area (Å²) in [5, 5.41) is 9.37. The molecule has 0 aliphatic heterocycles. The van der Waals surface area contributed by atoms with Crippen molar-refractivity contribution in [2.24, 2.45) is 0 Å². The van der Waals surface area contributed by atoms with Gasteiger partial charge in [0.15, 0.2) is 10.4 Å². The lowest BCUT2D eigenvalue weighted by atomic mass is 10.1. The first-order chi connectivity index (χ1) is 9.67. The number of fused-ring (bicyclic) bond motifs is 1. The van der Waals surface area contributed by atoms with Crippen LogP contribution in [0.5, 0.6) is 0 Å². The Kier molecular flexibility index (Phi) is 3.26. The van der Waals surface area contributed by atoms with Crippen molar-refractivity contribution in [2.75, 3.05) is 0 Å². The summed E-state index contributed by atoms with van der Waals surface area (Å²) in [4.78, 5) is 7.40. The van der Waals surface area contributed by atoms with E-state index in [0.29, 0.717) is 21.9 Å². The third-order valence-electron chi connectivity index (χ3n) is 3.00. The third kappa shape index (κ3) is 2.31. The number of nitrogens with one attached hydrogen (secondary N) is 1. The van der Waals surface area contributed by atoms with Gasteiger partial charge in [-0.3, -0.25) is 4.57 Å². The number of benzene rings is 1. The molecule has 6 heteroatoms. The topological polar surface area (TPSA) is 57.4 Å². The number of nitrogens with zero attached hydrogens (tertiary/aromatic N) is 3. The van der Waals surface area contributed by atoms with Crippen molar-refractivity contribution in [1.82, 2.24) is 14.5 Å². The summed E-state index contributed by atoms with van der Waals surface area (Å²) < 4.78 is 2.50. The molecule has 3 aromatic rings. The van der Waals surface area contributed by atoms with Gasteiger partial charge in [0.2, 0.25) is 0 Å².